The maximum absolute atomic E-state index is 5.50. The first-order valence-corrected chi connectivity index (χ1v) is 7.54. The van der Waals surface area contributed by atoms with Gasteiger partial charge in [0, 0.05) is 30.5 Å². The highest BCUT2D eigenvalue weighted by atomic mass is 16.5. The summed E-state index contributed by atoms with van der Waals surface area (Å²) in [6.07, 6.45) is 3.09. The van der Waals surface area contributed by atoms with Crippen LogP contribution in [0.4, 0.5) is 0 Å². The Kier molecular flexibility index (Phi) is 5.13. The third-order valence-electron chi connectivity index (χ3n) is 4.63. The smallest absolute Gasteiger partial charge is 0.0594 e. The molecule has 4 heteroatoms. The quantitative estimate of drug-likeness (QED) is 0.895. The summed E-state index contributed by atoms with van der Waals surface area (Å²) in [5.41, 5.74) is 2.40. The summed E-state index contributed by atoms with van der Waals surface area (Å²) in [5, 5.41) is 3.50. The monoisotopic (exact) mass is 277 g/mol. The highest BCUT2D eigenvalue weighted by Gasteiger charge is 2.39. The van der Waals surface area contributed by atoms with Crippen molar-refractivity contribution in [3.63, 3.8) is 0 Å². The lowest BCUT2D eigenvalue weighted by molar-refractivity contribution is -0.0319. The number of likely N-dealkylation sites (N-methyl/N-ethyl adjacent to an activating group) is 1. The van der Waals surface area contributed by atoms with Gasteiger partial charge in [0.1, 0.15) is 0 Å². The van der Waals surface area contributed by atoms with E-state index in [0.717, 1.165) is 38.4 Å². The van der Waals surface area contributed by atoms with E-state index in [2.05, 4.69) is 41.2 Å². The fourth-order valence-electron chi connectivity index (χ4n) is 3.17. The lowest BCUT2D eigenvalue weighted by Gasteiger charge is -2.47. The van der Waals surface area contributed by atoms with Gasteiger partial charge in [0.25, 0.3) is 0 Å². The van der Waals surface area contributed by atoms with Crippen LogP contribution in [0.15, 0.2) is 18.3 Å². The van der Waals surface area contributed by atoms with Crippen molar-refractivity contribution in [1.29, 1.82) is 0 Å². The SMILES string of the molecule is CCC(C)(C(NC)c1ccc(C)nc1)N1CCOCC1. The molecule has 1 aromatic heterocycles. The summed E-state index contributed by atoms with van der Waals surface area (Å²) in [7, 11) is 2.04. The van der Waals surface area contributed by atoms with Crippen molar-refractivity contribution in [2.24, 2.45) is 0 Å². The van der Waals surface area contributed by atoms with Crippen molar-refractivity contribution in [2.45, 2.75) is 38.8 Å². The zero-order chi connectivity index (χ0) is 14.6. The number of aromatic nitrogens is 1. The second-order valence-electron chi connectivity index (χ2n) is 5.76. The van der Waals surface area contributed by atoms with Crippen LogP contribution in [-0.4, -0.2) is 48.8 Å². The number of aryl methyl sites for hydroxylation is 1. The summed E-state index contributed by atoms with van der Waals surface area (Å²) in [6.45, 7) is 10.3. The van der Waals surface area contributed by atoms with E-state index >= 15 is 0 Å². The molecule has 1 aromatic rings. The molecule has 2 heterocycles. The maximum atomic E-state index is 5.50. The van der Waals surface area contributed by atoms with Gasteiger partial charge in [0.2, 0.25) is 0 Å². The van der Waals surface area contributed by atoms with Crippen LogP contribution in [0.3, 0.4) is 0 Å². The number of pyridine rings is 1. The fourth-order valence-corrected chi connectivity index (χ4v) is 3.17. The normalized spacial score (nSPS) is 21.4. The summed E-state index contributed by atoms with van der Waals surface area (Å²) >= 11 is 0. The van der Waals surface area contributed by atoms with Crippen molar-refractivity contribution >= 4 is 0 Å². The first-order valence-electron chi connectivity index (χ1n) is 7.54. The van der Waals surface area contributed by atoms with Gasteiger partial charge in [-0.3, -0.25) is 9.88 Å². The molecule has 2 rings (SSSR count). The van der Waals surface area contributed by atoms with Crippen LogP contribution < -0.4 is 5.32 Å². The Balaban J connectivity index is 2.27. The molecular formula is C16H27N3O. The Morgan fingerprint density at radius 3 is 2.60 bits per heavy atom. The fraction of sp³-hybridized carbons (Fsp3) is 0.688. The van der Waals surface area contributed by atoms with E-state index in [9.17, 15) is 0 Å². The summed E-state index contributed by atoms with van der Waals surface area (Å²) in [5.74, 6) is 0. The second kappa shape index (κ2) is 6.66. The average Bonchev–Trinajstić information content (AvgIpc) is 2.50. The molecule has 1 aliphatic heterocycles. The minimum atomic E-state index is 0.0788. The lowest BCUT2D eigenvalue weighted by atomic mass is 9.83. The zero-order valence-electron chi connectivity index (χ0n) is 13.1. The first-order chi connectivity index (χ1) is 9.61. The minimum Gasteiger partial charge on any atom is -0.379 e. The highest BCUT2D eigenvalue weighted by Crippen LogP contribution is 2.34. The molecule has 0 aliphatic carbocycles. The van der Waals surface area contributed by atoms with Crippen LogP contribution in [0.5, 0.6) is 0 Å². The van der Waals surface area contributed by atoms with Gasteiger partial charge in [-0.05, 0) is 38.9 Å². The molecule has 112 valence electrons. The van der Waals surface area contributed by atoms with E-state index in [1.807, 2.05) is 20.2 Å². The van der Waals surface area contributed by atoms with Gasteiger partial charge in [-0.2, -0.15) is 0 Å². The molecule has 1 N–H and O–H groups in total. The number of hydrogen-bond acceptors (Lipinski definition) is 4. The van der Waals surface area contributed by atoms with Gasteiger partial charge < -0.3 is 10.1 Å². The van der Waals surface area contributed by atoms with E-state index < -0.39 is 0 Å². The molecule has 1 aliphatic rings. The molecule has 4 nitrogen and oxygen atoms in total. The third kappa shape index (κ3) is 3.03. The first kappa shape index (κ1) is 15.4. The van der Waals surface area contributed by atoms with Crippen LogP contribution in [-0.2, 0) is 4.74 Å². The molecule has 0 bridgehead atoms. The van der Waals surface area contributed by atoms with Gasteiger partial charge in [0.15, 0.2) is 0 Å². The second-order valence-corrected chi connectivity index (χ2v) is 5.76. The topological polar surface area (TPSA) is 37.4 Å². The van der Waals surface area contributed by atoms with Crippen LogP contribution >= 0.6 is 0 Å². The predicted octanol–water partition coefficient (Wildman–Crippen LogP) is 2.15. The molecule has 0 aromatic carbocycles. The van der Waals surface area contributed by atoms with Gasteiger partial charge in [-0.1, -0.05) is 13.0 Å². The summed E-state index contributed by atoms with van der Waals surface area (Å²) in [6, 6.07) is 4.56. The number of hydrogen-bond donors (Lipinski definition) is 1. The van der Waals surface area contributed by atoms with Gasteiger partial charge in [-0.15, -0.1) is 0 Å². The van der Waals surface area contributed by atoms with Crippen molar-refractivity contribution in [3.05, 3.63) is 29.6 Å². The van der Waals surface area contributed by atoms with Crippen molar-refractivity contribution in [3.8, 4) is 0 Å². The Bertz CT molecular complexity index is 414. The molecule has 20 heavy (non-hydrogen) atoms. The Morgan fingerprint density at radius 2 is 2.10 bits per heavy atom. The molecule has 1 fully saturated rings. The van der Waals surface area contributed by atoms with Crippen LogP contribution in [0.25, 0.3) is 0 Å². The van der Waals surface area contributed by atoms with Crippen molar-refractivity contribution in [2.75, 3.05) is 33.4 Å². The predicted molar refractivity (Wildman–Crippen MR) is 81.9 cm³/mol. The molecule has 0 amide bonds. The number of ether oxygens (including phenoxy) is 1. The Morgan fingerprint density at radius 1 is 1.40 bits per heavy atom. The Hall–Kier alpha value is -0.970. The molecule has 2 atom stereocenters. The van der Waals surface area contributed by atoms with E-state index in [1.54, 1.807) is 0 Å². The van der Waals surface area contributed by atoms with Crippen LogP contribution in [0.2, 0.25) is 0 Å². The lowest BCUT2D eigenvalue weighted by Crippen LogP contribution is -2.57. The number of morpholine rings is 1. The molecule has 0 saturated carbocycles. The molecule has 2 unspecified atom stereocenters. The van der Waals surface area contributed by atoms with E-state index in [1.165, 1.54) is 5.56 Å². The van der Waals surface area contributed by atoms with Crippen molar-refractivity contribution in [1.82, 2.24) is 15.2 Å². The number of nitrogens with one attached hydrogen (secondary N) is 1. The van der Waals surface area contributed by atoms with Crippen LogP contribution in [0.1, 0.15) is 37.6 Å². The van der Waals surface area contributed by atoms with E-state index in [-0.39, 0.29) is 11.6 Å². The highest BCUT2D eigenvalue weighted by molar-refractivity contribution is 5.21. The van der Waals surface area contributed by atoms with E-state index in [4.69, 9.17) is 4.74 Å². The molecule has 0 spiro atoms. The van der Waals surface area contributed by atoms with Crippen molar-refractivity contribution < 1.29 is 4.74 Å². The minimum absolute atomic E-state index is 0.0788. The van der Waals surface area contributed by atoms with Gasteiger partial charge >= 0.3 is 0 Å². The summed E-state index contributed by atoms with van der Waals surface area (Å²) in [4.78, 5) is 7.01. The molecule has 0 radical (unpaired) electrons. The third-order valence-corrected chi connectivity index (χ3v) is 4.63. The standard InChI is InChI=1S/C16H27N3O/c1-5-16(3,19-8-10-20-11-9-19)15(17-4)14-7-6-13(2)18-12-14/h6-7,12,15,17H,5,8-11H2,1-4H3. The number of rotatable bonds is 5. The van der Waals surface area contributed by atoms with Gasteiger partial charge in [-0.25, -0.2) is 0 Å². The zero-order valence-corrected chi connectivity index (χ0v) is 13.1. The average molecular weight is 277 g/mol. The Labute approximate surface area is 122 Å². The van der Waals surface area contributed by atoms with E-state index in [0.29, 0.717) is 0 Å². The van der Waals surface area contributed by atoms with Gasteiger partial charge in [0.05, 0.1) is 19.3 Å². The maximum Gasteiger partial charge on any atom is 0.0594 e. The number of nitrogens with zero attached hydrogens (tertiary/aromatic N) is 2. The largest absolute Gasteiger partial charge is 0.379 e. The van der Waals surface area contributed by atoms with Crippen LogP contribution in [0, 0.1) is 6.92 Å². The molecular weight excluding hydrogens is 250 g/mol. The summed E-state index contributed by atoms with van der Waals surface area (Å²) < 4.78 is 5.50. The molecule has 1 saturated heterocycles.